The maximum Gasteiger partial charge on any atom is 0.191 e. The number of hydrogen-bond acceptors (Lipinski definition) is 5. The molecule has 0 bridgehead atoms. The topological polar surface area (TPSA) is 56.3 Å². The van der Waals surface area contributed by atoms with Crippen molar-refractivity contribution < 1.29 is 13.9 Å². The molecule has 5 nitrogen and oxygen atoms in total. The van der Waals surface area contributed by atoms with Gasteiger partial charge in [0.25, 0.3) is 0 Å². The lowest BCUT2D eigenvalue weighted by molar-refractivity contribution is 0.180. The maximum absolute atomic E-state index is 14.3. The van der Waals surface area contributed by atoms with Crippen molar-refractivity contribution in [1.29, 1.82) is 0 Å². The number of fused-ring (bicyclic) bond motifs is 1. The van der Waals surface area contributed by atoms with E-state index in [1.54, 1.807) is 12.1 Å². The predicted octanol–water partition coefficient (Wildman–Crippen LogP) is 3.15. The summed E-state index contributed by atoms with van der Waals surface area (Å²) in [4.78, 5) is 8.36. The number of rotatable bonds is 5. The van der Waals surface area contributed by atoms with Crippen LogP contribution in [0.1, 0.15) is 26.2 Å². The highest BCUT2D eigenvalue weighted by molar-refractivity contribution is 5.90. The van der Waals surface area contributed by atoms with E-state index in [-0.39, 0.29) is 16.8 Å². The number of hydrogen-bond donors (Lipinski definition) is 1. The molecule has 1 atom stereocenters. The molecule has 2 aromatic rings. The molecule has 1 fully saturated rings. The van der Waals surface area contributed by atoms with Crippen molar-refractivity contribution in [3.63, 3.8) is 0 Å². The Hall–Kier alpha value is -1.95. The number of nitrogens with one attached hydrogen (secondary N) is 1. The van der Waals surface area contributed by atoms with Gasteiger partial charge in [0, 0.05) is 12.0 Å². The first-order valence-electron chi connectivity index (χ1n) is 7.52. The minimum atomic E-state index is -0.460. The van der Waals surface area contributed by atoms with Gasteiger partial charge in [0.1, 0.15) is 17.7 Å². The third-order valence-corrected chi connectivity index (χ3v) is 4.14. The summed E-state index contributed by atoms with van der Waals surface area (Å²) in [6.07, 6.45) is 4.33. The fraction of sp³-hybridized carbons (Fsp3) is 0.500. The lowest BCUT2D eigenvalue weighted by Gasteiger charge is -2.29. The second-order valence-corrected chi connectivity index (χ2v) is 5.66. The second kappa shape index (κ2) is 6.04. The molecule has 1 N–H and O–H groups in total. The van der Waals surface area contributed by atoms with Gasteiger partial charge in [-0.25, -0.2) is 14.4 Å². The summed E-state index contributed by atoms with van der Waals surface area (Å²) in [5.74, 6) is 0.368. The lowest BCUT2D eigenvalue weighted by atomic mass is 9.92. The Morgan fingerprint density at radius 1 is 1.41 bits per heavy atom. The van der Waals surface area contributed by atoms with Gasteiger partial charge in [-0.3, -0.25) is 0 Å². The lowest BCUT2D eigenvalue weighted by Crippen LogP contribution is -2.39. The number of methoxy groups -OCH3 is 1. The average molecular weight is 305 g/mol. The third kappa shape index (κ3) is 2.59. The van der Waals surface area contributed by atoms with Crippen molar-refractivity contribution in [2.24, 2.45) is 0 Å². The number of anilines is 1. The van der Waals surface area contributed by atoms with E-state index in [0.29, 0.717) is 17.8 Å². The molecule has 0 amide bonds. The largest absolute Gasteiger partial charge is 0.494 e. The van der Waals surface area contributed by atoms with Crippen LogP contribution in [0.4, 0.5) is 10.2 Å². The maximum atomic E-state index is 14.3. The summed E-state index contributed by atoms with van der Waals surface area (Å²) in [6.45, 7) is 3.52. The molecule has 0 saturated carbocycles. The van der Waals surface area contributed by atoms with Crippen LogP contribution in [-0.4, -0.2) is 35.8 Å². The van der Waals surface area contributed by atoms with E-state index >= 15 is 0 Å². The van der Waals surface area contributed by atoms with Gasteiger partial charge in [-0.1, -0.05) is 13.3 Å². The van der Waals surface area contributed by atoms with Crippen LogP contribution in [-0.2, 0) is 4.74 Å². The molecular formula is C16H20FN3O2. The Morgan fingerprint density at radius 3 is 2.95 bits per heavy atom. The molecule has 2 heterocycles. The van der Waals surface area contributed by atoms with Gasteiger partial charge in [-0.2, -0.15) is 0 Å². The number of nitrogens with zero attached hydrogens (tertiary/aromatic N) is 2. The van der Waals surface area contributed by atoms with E-state index in [1.165, 1.54) is 13.4 Å². The van der Waals surface area contributed by atoms with Crippen LogP contribution in [0.25, 0.3) is 10.9 Å². The van der Waals surface area contributed by atoms with Gasteiger partial charge >= 0.3 is 0 Å². The van der Waals surface area contributed by atoms with E-state index < -0.39 is 5.82 Å². The SMILES string of the molecule is CCCC1(Nc2ncnc3c(F)c(OC)ccc23)CCOC1. The van der Waals surface area contributed by atoms with Gasteiger partial charge in [0.05, 0.1) is 19.3 Å². The Labute approximate surface area is 128 Å². The van der Waals surface area contributed by atoms with Crippen LogP contribution in [0.3, 0.4) is 0 Å². The fourth-order valence-corrected chi connectivity index (χ4v) is 3.03. The van der Waals surface area contributed by atoms with Crippen molar-refractivity contribution >= 4 is 16.7 Å². The van der Waals surface area contributed by atoms with Crippen LogP contribution in [0.15, 0.2) is 18.5 Å². The molecule has 1 saturated heterocycles. The van der Waals surface area contributed by atoms with Gasteiger partial charge in [-0.05, 0) is 25.0 Å². The quantitative estimate of drug-likeness (QED) is 0.919. The molecule has 1 aromatic carbocycles. The van der Waals surface area contributed by atoms with Crippen molar-refractivity contribution in [3.8, 4) is 5.75 Å². The highest BCUT2D eigenvalue weighted by atomic mass is 19.1. The van der Waals surface area contributed by atoms with Crippen molar-refractivity contribution in [1.82, 2.24) is 9.97 Å². The van der Waals surface area contributed by atoms with E-state index in [4.69, 9.17) is 9.47 Å². The van der Waals surface area contributed by atoms with Crippen LogP contribution < -0.4 is 10.1 Å². The standard InChI is InChI=1S/C16H20FN3O2/c1-3-6-16(7-8-22-9-16)20-15-11-4-5-12(21-2)13(17)14(11)18-10-19-15/h4-5,10H,3,6-9H2,1-2H3,(H,18,19,20). The summed E-state index contributed by atoms with van der Waals surface area (Å²) >= 11 is 0. The second-order valence-electron chi connectivity index (χ2n) is 5.66. The average Bonchev–Trinajstić information content (AvgIpc) is 2.97. The summed E-state index contributed by atoms with van der Waals surface area (Å²) in [5, 5.41) is 4.14. The number of ether oxygens (including phenoxy) is 2. The Balaban J connectivity index is 2.02. The Morgan fingerprint density at radius 2 is 2.27 bits per heavy atom. The number of benzene rings is 1. The van der Waals surface area contributed by atoms with Crippen molar-refractivity contribution in [2.75, 3.05) is 25.6 Å². The summed E-state index contributed by atoms with van der Waals surface area (Å²) < 4.78 is 24.9. The van der Waals surface area contributed by atoms with Crippen LogP contribution >= 0.6 is 0 Å². The summed E-state index contributed by atoms with van der Waals surface area (Å²) in [5.41, 5.74) is 0.134. The fourth-order valence-electron chi connectivity index (χ4n) is 3.03. The molecule has 118 valence electrons. The van der Waals surface area contributed by atoms with Crippen LogP contribution in [0.5, 0.6) is 5.75 Å². The molecule has 1 aromatic heterocycles. The highest BCUT2D eigenvalue weighted by Crippen LogP contribution is 2.33. The van der Waals surface area contributed by atoms with Gasteiger partial charge < -0.3 is 14.8 Å². The van der Waals surface area contributed by atoms with Gasteiger partial charge in [-0.15, -0.1) is 0 Å². The predicted molar refractivity (Wildman–Crippen MR) is 82.7 cm³/mol. The Kier molecular flexibility index (Phi) is 4.11. The molecule has 1 aliphatic heterocycles. The first kappa shape index (κ1) is 15.0. The molecular weight excluding hydrogens is 285 g/mol. The number of halogens is 1. The van der Waals surface area contributed by atoms with E-state index in [1.807, 2.05) is 0 Å². The summed E-state index contributed by atoms with van der Waals surface area (Å²) in [7, 11) is 1.44. The molecule has 0 spiro atoms. The molecule has 1 unspecified atom stereocenters. The zero-order valence-electron chi connectivity index (χ0n) is 12.9. The molecule has 0 radical (unpaired) electrons. The summed E-state index contributed by atoms with van der Waals surface area (Å²) in [6, 6.07) is 3.39. The molecule has 22 heavy (non-hydrogen) atoms. The monoisotopic (exact) mass is 305 g/mol. The molecule has 1 aliphatic rings. The first-order chi connectivity index (χ1) is 10.7. The first-order valence-corrected chi connectivity index (χ1v) is 7.52. The molecule has 3 rings (SSSR count). The minimum Gasteiger partial charge on any atom is -0.494 e. The highest BCUT2D eigenvalue weighted by Gasteiger charge is 2.34. The zero-order chi connectivity index (χ0) is 15.6. The van der Waals surface area contributed by atoms with Crippen molar-refractivity contribution in [2.45, 2.75) is 31.7 Å². The van der Waals surface area contributed by atoms with E-state index in [9.17, 15) is 4.39 Å². The van der Waals surface area contributed by atoms with Crippen LogP contribution in [0, 0.1) is 5.82 Å². The minimum absolute atomic E-state index is 0.133. The van der Waals surface area contributed by atoms with Crippen LogP contribution in [0.2, 0.25) is 0 Å². The number of aromatic nitrogens is 2. The normalized spacial score (nSPS) is 21.2. The van der Waals surface area contributed by atoms with E-state index in [2.05, 4.69) is 22.2 Å². The molecule has 0 aliphatic carbocycles. The van der Waals surface area contributed by atoms with E-state index in [0.717, 1.165) is 25.9 Å². The van der Waals surface area contributed by atoms with Crippen molar-refractivity contribution in [3.05, 3.63) is 24.3 Å². The third-order valence-electron chi connectivity index (χ3n) is 4.14. The van der Waals surface area contributed by atoms with Gasteiger partial charge in [0.2, 0.25) is 0 Å². The van der Waals surface area contributed by atoms with Gasteiger partial charge in [0.15, 0.2) is 11.6 Å². The zero-order valence-corrected chi connectivity index (χ0v) is 12.9. The molecule has 6 heteroatoms. The Bertz CT molecular complexity index is 672. The smallest absolute Gasteiger partial charge is 0.191 e.